The summed E-state index contributed by atoms with van der Waals surface area (Å²) in [7, 11) is 5.90. The van der Waals surface area contributed by atoms with E-state index in [2.05, 4.69) is 0 Å². The Balaban J connectivity index is 2.04. The number of furan rings is 1. The first-order valence-corrected chi connectivity index (χ1v) is 7.74. The summed E-state index contributed by atoms with van der Waals surface area (Å²) in [6.45, 7) is -0.128. The average Bonchev–Trinajstić information content (AvgIpc) is 3.17. The molecule has 1 heterocycles. The Labute approximate surface area is 151 Å². The fourth-order valence-electron chi connectivity index (χ4n) is 2.30. The summed E-state index contributed by atoms with van der Waals surface area (Å²) in [5.74, 6) is 0.416. The predicted molar refractivity (Wildman–Crippen MR) is 91.6 cm³/mol. The third-order valence-electron chi connectivity index (χ3n) is 3.65. The van der Waals surface area contributed by atoms with Crippen LogP contribution in [-0.2, 0) is 16.1 Å². The number of esters is 1. The van der Waals surface area contributed by atoms with Gasteiger partial charge in [-0.25, -0.2) is 4.79 Å². The lowest BCUT2D eigenvalue weighted by Gasteiger charge is -2.17. The lowest BCUT2D eigenvalue weighted by atomic mass is 10.1. The molecule has 0 aliphatic heterocycles. The van der Waals surface area contributed by atoms with Gasteiger partial charge in [-0.15, -0.1) is 0 Å². The molecule has 1 aromatic heterocycles. The van der Waals surface area contributed by atoms with E-state index in [4.69, 9.17) is 23.4 Å². The summed E-state index contributed by atoms with van der Waals surface area (Å²) in [6, 6.07) is 6.53. The average molecular weight is 363 g/mol. The molecule has 0 saturated carbocycles. The van der Waals surface area contributed by atoms with Gasteiger partial charge in [0.2, 0.25) is 5.75 Å². The highest BCUT2D eigenvalue weighted by molar-refractivity contribution is 5.95. The minimum Gasteiger partial charge on any atom is -0.493 e. The fraction of sp³-hybridized carbons (Fsp3) is 0.333. The van der Waals surface area contributed by atoms with E-state index in [0.717, 1.165) is 0 Å². The highest BCUT2D eigenvalue weighted by Crippen LogP contribution is 2.39. The number of benzene rings is 1. The van der Waals surface area contributed by atoms with Crippen LogP contribution >= 0.6 is 0 Å². The van der Waals surface area contributed by atoms with Crippen molar-refractivity contribution in [1.82, 2.24) is 4.90 Å². The van der Waals surface area contributed by atoms with Gasteiger partial charge in [-0.1, -0.05) is 0 Å². The molecule has 8 nitrogen and oxygen atoms in total. The molecule has 140 valence electrons. The lowest BCUT2D eigenvalue weighted by molar-refractivity contribution is -0.134. The zero-order valence-corrected chi connectivity index (χ0v) is 15.1. The van der Waals surface area contributed by atoms with Gasteiger partial charge in [0, 0.05) is 7.05 Å². The monoisotopic (exact) mass is 363 g/mol. The first-order valence-electron chi connectivity index (χ1n) is 7.74. The molecule has 2 rings (SSSR count). The lowest BCUT2D eigenvalue weighted by Crippen LogP contribution is -2.30. The summed E-state index contributed by atoms with van der Waals surface area (Å²) in [5.41, 5.74) is 0.131. The van der Waals surface area contributed by atoms with Crippen LogP contribution in [0.5, 0.6) is 17.2 Å². The van der Waals surface area contributed by atoms with E-state index in [1.165, 1.54) is 38.6 Å². The molecule has 0 atom stereocenters. The van der Waals surface area contributed by atoms with Gasteiger partial charge in [0.05, 0.1) is 34.1 Å². The molecular formula is C18H21NO7. The maximum absolute atomic E-state index is 12.3. The van der Waals surface area contributed by atoms with Crippen molar-refractivity contribution < 1.29 is 33.0 Å². The molecule has 0 aliphatic rings. The molecular weight excluding hydrogens is 342 g/mol. The molecule has 1 amide bonds. The molecule has 0 saturated heterocycles. The Morgan fingerprint density at radius 2 is 1.77 bits per heavy atom. The third kappa shape index (κ3) is 4.27. The summed E-state index contributed by atoms with van der Waals surface area (Å²) >= 11 is 0. The number of rotatable bonds is 8. The van der Waals surface area contributed by atoms with Crippen LogP contribution < -0.4 is 14.2 Å². The second-order valence-electron chi connectivity index (χ2n) is 5.29. The van der Waals surface area contributed by atoms with Crippen molar-refractivity contribution in [2.24, 2.45) is 0 Å². The zero-order valence-electron chi connectivity index (χ0n) is 15.1. The minimum absolute atomic E-state index is 0.131. The van der Waals surface area contributed by atoms with Crippen molar-refractivity contribution in [3.63, 3.8) is 0 Å². The molecule has 0 fully saturated rings. The van der Waals surface area contributed by atoms with Crippen LogP contribution in [-0.4, -0.2) is 51.8 Å². The number of nitrogens with zero attached hydrogens (tertiary/aromatic N) is 1. The summed E-state index contributed by atoms with van der Waals surface area (Å²) in [4.78, 5) is 25.9. The normalized spacial score (nSPS) is 10.2. The van der Waals surface area contributed by atoms with Gasteiger partial charge in [-0.05, 0) is 24.3 Å². The van der Waals surface area contributed by atoms with E-state index in [1.54, 1.807) is 25.2 Å². The summed E-state index contributed by atoms with van der Waals surface area (Å²) in [5, 5.41) is 0. The standard InChI is InChI=1S/C18H21NO7/c1-19(10-12-6-5-9-25-12)15(20)11-26-18(21)13-7-8-14(22-2)17(24-4)16(13)23-3/h5-9H,10-11H2,1-4H3. The first-order chi connectivity index (χ1) is 12.5. The van der Waals surface area contributed by atoms with E-state index in [9.17, 15) is 9.59 Å². The third-order valence-corrected chi connectivity index (χ3v) is 3.65. The quantitative estimate of drug-likeness (QED) is 0.664. The van der Waals surface area contributed by atoms with Gasteiger partial charge >= 0.3 is 5.97 Å². The number of carbonyl (C=O) groups is 2. The molecule has 0 unspecified atom stereocenters. The van der Waals surface area contributed by atoms with E-state index < -0.39 is 12.6 Å². The highest BCUT2D eigenvalue weighted by atomic mass is 16.5. The van der Waals surface area contributed by atoms with E-state index in [-0.39, 0.29) is 29.5 Å². The van der Waals surface area contributed by atoms with Crippen molar-refractivity contribution >= 4 is 11.9 Å². The van der Waals surface area contributed by atoms with Crippen LogP contribution in [0.25, 0.3) is 0 Å². The minimum atomic E-state index is -0.706. The number of ether oxygens (including phenoxy) is 4. The highest BCUT2D eigenvalue weighted by Gasteiger charge is 2.23. The predicted octanol–water partition coefficient (Wildman–Crippen LogP) is 2.12. The Morgan fingerprint density at radius 3 is 2.35 bits per heavy atom. The summed E-state index contributed by atoms with van der Waals surface area (Å²) < 4.78 is 25.9. The number of hydrogen-bond acceptors (Lipinski definition) is 7. The number of likely N-dealkylation sites (N-methyl/N-ethyl adjacent to an activating group) is 1. The van der Waals surface area contributed by atoms with Crippen LogP contribution in [0.4, 0.5) is 0 Å². The largest absolute Gasteiger partial charge is 0.493 e. The van der Waals surface area contributed by atoms with Crippen molar-refractivity contribution in [1.29, 1.82) is 0 Å². The molecule has 0 aliphatic carbocycles. The van der Waals surface area contributed by atoms with Crippen LogP contribution in [0.3, 0.4) is 0 Å². The molecule has 0 spiro atoms. The molecule has 8 heteroatoms. The fourth-order valence-corrected chi connectivity index (χ4v) is 2.30. The Hall–Kier alpha value is -3.16. The van der Waals surface area contributed by atoms with Crippen LogP contribution in [0.2, 0.25) is 0 Å². The summed E-state index contributed by atoms with van der Waals surface area (Å²) in [6.07, 6.45) is 1.52. The van der Waals surface area contributed by atoms with Crippen LogP contribution in [0.15, 0.2) is 34.9 Å². The number of hydrogen-bond donors (Lipinski definition) is 0. The maximum atomic E-state index is 12.3. The Bertz CT molecular complexity index is 755. The SMILES string of the molecule is COc1ccc(C(=O)OCC(=O)N(C)Cc2ccco2)c(OC)c1OC. The van der Waals surface area contributed by atoms with Crippen molar-refractivity contribution in [2.75, 3.05) is 35.0 Å². The van der Waals surface area contributed by atoms with Gasteiger partial charge in [-0.2, -0.15) is 0 Å². The van der Waals surface area contributed by atoms with Gasteiger partial charge in [0.25, 0.3) is 5.91 Å². The number of amides is 1. The van der Waals surface area contributed by atoms with Gasteiger partial charge in [0.15, 0.2) is 18.1 Å². The van der Waals surface area contributed by atoms with Gasteiger partial charge in [0.1, 0.15) is 11.3 Å². The Morgan fingerprint density at radius 1 is 1.04 bits per heavy atom. The molecule has 2 aromatic rings. The first kappa shape index (κ1) is 19.2. The Kier molecular flexibility index (Phi) is 6.48. The molecule has 26 heavy (non-hydrogen) atoms. The smallest absolute Gasteiger partial charge is 0.342 e. The topological polar surface area (TPSA) is 87.4 Å². The molecule has 0 bridgehead atoms. The van der Waals surface area contributed by atoms with E-state index in [0.29, 0.717) is 11.5 Å². The van der Waals surface area contributed by atoms with Crippen molar-refractivity contribution in [2.45, 2.75) is 6.54 Å². The second kappa shape index (κ2) is 8.80. The van der Waals surface area contributed by atoms with E-state index >= 15 is 0 Å². The van der Waals surface area contributed by atoms with Gasteiger partial charge < -0.3 is 28.3 Å². The van der Waals surface area contributed by atoms with E-state index in [1.807, 2.05) is 0 Å². The molecule has 0 N–H and O–H groups in total. The molecule has 1 aromatic carbocycles. The molecule has 0 radical (unpaired) electrons. The second-order valence-corrected chi connectivity index (χ2v) is 5.29. The maximum Gasteiger partial charge on any atom is 0.342 e. The van der Waals surface area contributed by atoms with Crippen molar-refractivity contribution in [3.05, 3.63) is 41.9 Å². The van der Waals surface area contributed by atoms with Crippen LogP contribution in [0, 0.1) is 0 Å². The van der Waals surface area contributed by atoms with Crippen LogP contribution in [0.1, 0.15) is 16.1 Å². The number of carbonyl (C=O) groups excluding carboxylic acids is 2. The number of methoxy groups -OCH3 is 3. The zero-order chi connectivity index (χ0) is 19.1. The van der Waals surface area contributed by atoms with Crippen molar-refractivity contribution in [3.8, 4) is 17.2 Å². The van der Waals surface area contributed by atoms with Gasteiger partial charge in [-0.3, -0.25) is 4.79 Å².